The van der Waals surface area contributed by atoms with Crippen LogP contribution in [0.15, 0.2) is 54.1 Å². The third kappa shape index (κ3) is 3.60. The van der Waals surface area contributed by atoms with Crippen molar-refractivity contribution >= 4 is 23.1 Å². The van der Waals surface area contributed by atoms with E-state index in [4.69, 9.17) is 26.8 Å². The molecule has 0 spiro atoms. The summed E-state index contributed by atoms with van der Waals surface area (Å²) in [5.74, 6) is -1.67. The van der Waals surface area contributed by atoms with E-state index in [2.05, 4.69) is 5.32 Å². The van der Waals surface area contributed by atoms with Gasteiger partial charge in [-0.15, -0.1) is 0 Å². The van der Waals surface area contributed by atoms with Crippen LogP contribution in [0.1, 0.15) is 42.4 Å². The Morgan fingerprint density at radius 1 is 1.31 bits per heavy atom. The van der Waals surface area contributed by atoms with Crippen molar-refractivity contribution in [1.82, 2.24) is 5.32 Å². The minimum absolute atomic E-state index is 0.0641. The summed E-state index contributed by atoms with van der Waals surface area (Å²) < 4.78 is 43.0. The van der Waals surface area contributed by atoms with Crippen LogP contribution >= 0.6 is 11.6 Å². The van der Waals surface area contributed by atoms with Crippen LogP contribution in [0.5, 0.6) is 5.75 Å². The molecule has 0 radical (unpaired) electrons. The molecule has 1 amide bonds. The zero-order valence-electron chi connectivity index (χ0n) is 19.5. The maximum atomic E-state index is 15.9. The molecule has 1 aliphatic carbocycles. The van der Waals surface area contributed by atoms with Crippen molar-refractivity contribution in [3.05, 3.63) is 81.7 Å². The van der Waals surface area contributed by atoms with Gasteiger partial charge in [0.25, 0.3) is 0 Å². The minimum Gasteiger partial charge on any atom is -0.480 e. The number of fused-ring (bicyclic) bond motifs is 1. The molecule has 0 saturated carbocycles. The lowest BCUT2D eigenvalue weighted by molar-refractivity contribution is -0.114. The van der Waals surface area contributed by atoms with Crippen molar-refractivity contribution in [2.24, 2.45) is 5.73 Å². The second-order valence-corrected chi connectivity index (χ2v) is 9.62. The van der Waals surface area contributed by atoms with Crippen molar-refractivity contribution in [2.75, 3.05) is 13.7 Å². The molecule has 2 heterocycles. The second-order valence-electron chi connectivity index (χ2n) is 9.24. The Balaban J connectivity index is 1.78. The van der Waals surface area contributed by atoms with E-state index in [1.807, 2.05) is 37.3 Å². The minimum atomic E-state index is -1.78. The summed E-state index contributed by atoms with van der Waals surface area (Å²) in [6.45, 7) is 2.80. The van der Waals surface area contributed by atoms with E-state index >= 15 is 8.78 Å². The number of hydrogen-bond donors (Lipinski definition) is 2. The summed E-state index contributed by atoms with van der Waals surface area (Å²) in [6.07, 6.45) is 1.92. The van der Waals surface area contributed by atoms with Crippen molar-refractivity contribution in [1.29, 1.82) is 0 Å². The number of alkyl halides is 1. The van der Waals surface area contributed by atoms with Gasteiger partial charge in [0.1, 0.15) is 17.7 Å². The molecule has 1 saturated heterocycles. The van der Waals surface area contributed by atoms with Gasteiger partial charge in [0, 0.05) is 41.4 Å². The molecule has 0 bridgehead atoms. The average Bonchev–Trinajstić information content (AvgIpc) is 3.48. The monoisotopic (exact) mass is 500 g/mol. The molecule has 5 nitrogen and oxygen atoms in total. The average molecular weight is 501 g/mol. The van der Waals surface area contributed by atoms with E-state index in [1.54, 1.807) is 0 Å². The number of methoxy groups -OCH3 is 1. The number of ether oxygens (including phenoxy) is 2. The molecule has 8 heteroatoms. The number of rotatable bonds is 5. The SMILES string of the molecule is COC1C=CC(C(N)=O)=C(c2c(Cl)c(F)cc3c2[C@H](C)[C@](c2ccccc2)(C2CCCN2)O3)C1F. The van der Waals surface area contributed by atoms with Crippen molar-refractivity contribution in [2.45, 2.75) is 49.6 Å². The lowest BCUT2D eigenvalue weighted by Crippen LogP contribution is -2.50. The first-order valence-corrected chi connectivity index (χ1v) is 12.1. The van der Waals surface area contributed by atoms with Crippen molar-refractivity contribution in [3.8, 4) is 5.75 Å². The van der Waals surface area contributed by atoms with E-state index in [0.717, 1.165) is 24.9 Å². The fraction of sp³-hybridized carbons (Fsp3) is 0.370. The third-order valence-electron chi connectivity index (χ3n) is 7.49. The Morgan fingerprint density at radius 3 is 2.69 bits per heavy atom. The number of primary amides is 1. The van der Waals surface area contributed by atoms with Gasteiger partial charge < -0.3 is 20.5 Å². The zero-order valence-corrected chi connectivity index (χ0v) is 20.2. The predicted octanol–water partition coefficient (Wildman–Crippen LogP) is 4.78. The number of hydrogen-bond acceptors (Lipinski definition) is 4. The van der Waals surface area contributed by atoms with Gasteiger partial charge in [-0.2, -0.15) is 0 Å². The van der Waals surface area contributed by atoms with Gasteiger partial charge in [0.05, 0.1) is 11.1 Å². The highest BCUT2D eigenvalue weighted by molar-refractivity contribution is 6.33. The molecule has 2 aliphatic heterocycles. The Labute approximate surface area is 207 Å². The molecule has 5 atom stereocenters. The first-order chi connectivity index (χ1) is 16.8. The summed E-state index contributed by atoms with van der Waals surface area (Å²) in [5.41, 5.74) is 6.18. The summed E-state index contributed by atoms with van der Waals surface area (Å²) in [4.78, 5) is 12.3. The highest BCUT2D eigenvalue weighted by Crippen LogP contribution is 2.57. The van der Waals surface area contributed by atoms with Crippen LogP contribution in [0, 0.1) is 5.82 Å². The zero-order chi connectivity index (χ0) is 24.9. The van der Waals surface area contributed by atoms with Gasteiger partial charge in [-0.1, -0.05) is 61.0 Å². The second kappa shape index (κ2) is 9.04. The summed E-state index contributed by atoms with van der Waals surface area (Å²) >= 11 is 6.54. The molecule has 3 unspecified atom stereocenters. The standard InChI is InChI=1S/C27H27ClF2N2O3/c1-14-21-19(35-27(14,20-9-6-12-32-20)15-7-4-3-5-8-15)13-17(29)24(28)23(21)22-16(26(31)33)10-11-18(34-2)25(22)30/h3-5,7-8,10-11,13-14,18,20,25,32H,6,9,12H2,1-2H3,(H2,31,33)/t14-,18?,20?,25?,27-/m0/s1. The first kappa shape index (κ1) is 24.0. The van der Waals surface area contributed by atoms with Crippen molar-refractivity contribution in [3.63, 3.8) is 0 Å². The van der Waals surface area contributed by atoms with Crippen molar-refractivity contribution < 1.29 is 23.0 Å². The number of halogens is 3. The van der Waals surface area contributed by atoms with Gasteiger partial charge in [-0.05, 0) is 24.9 Å². The molecule has 184 valence electrons. The third-order valence-corrected chi connectivity index (χ3v) is 7.86. The van der Waals surface area contributed by atoms with Crippen LogP contribution in [0.25, 0.3) is 5.57 Å². The van der Waals surface area contributed by atoms with Crippen LogP contribution in [0.2, 0.25) is 5.02 Å². The number of nitrogens with one attached hydrogen (secondary N) is 1. The topological polar surface area (TPSA) is 73.6 Å². The lowest BCUT2D eigenvalue weighted by atomic mass is 9.72. The molecule has 3 N–H and O–H groups in total. The largest absolute Gasteiger partial charge is 0.480 e. The van der Waals surface area contributed by atoms with E-state index in [0.29, 0.717) is 5.56 Å². The van der Waals surface area contributed by atoms with E-state index in [-0.39, 0.29) is 39.4 Å². The molecule has 2 aromatic carbocycles. The maximum Gasteiger partial charge on any atom is 0.249 e. The first-order valence-electron chi connectivity index (χ1n) is 11.7. The lowest BCUT2D eigenvalue weighted by Gasteiger charge is -2.39. The van der Waals surface area contributed by atoms with Gasteiger partial charge >= 0.3 is 0 Å². The molecular weight excluding hydrogens is 474 g/mol. The molecule has 0 aromatic heterocycles. The Hall–Kier alpha value is -2.74. The number of amides is 1. The van der Waals surface area contributed by atoms with Crippen LogP contribution in [-0.2, 0) is 15.1 Å². The van der Waals surface area contributed by atoms with Crippen LogP contribution in [0.3, 0.4) is 0 Å². The van der Waals surface area contributed by atoms with E-state index in [9.17, 15) is 4.79 Å². The number of benzene rings is 2. The fourth-order valence-electron chi connectivity index (χ4n) is 5.89. The summed E-state index contributed by atoms with van der Waals surface area (Å²) in [7, 11) is 1.37. The molecule has 1 fully saturated rings. The number of carbonyl (C=O) groups is 1. The number of carbonyl (C=O) groups excluding carboxylic acids is 1. The molecule has 35 heavy (non-hydrogen) atoms. The normalized spacial score (nSPS) is 29.9. The highest BCUT2D eigenvalue weighted by atomic mass is 35.5. The predicted molar refractivity (Wildman–Crippen MR) is 131 cm³/mol. The fourth-order valence-corrected chi connectivity index (χ4v) is 6.15. The van der Waals surface area contributed by atoms with Gasteiger partial charge in [-0.3, -0.25) is 4.79 Å². The van der Waals surface area contributed by atoms with Crippen LogP contribution in [-0.4, -0.2) is 37.9 Å². The van der Waals surface area contributed by atoms with Gasteiger partial charge in [0.15, 0.2) is 11.8 Å². The smallest absolute Gasteiger partial charge is 0.249 e. The van der Waals surface area contributed by atoms with Crippen LogP contribution < -0.4 is 15.8 Å². The van der Waals surface area contributed by atoms with Gasteiger partial charge in [-0.25, -0.2) is 8.78 Å². The maximum absolute atomic E-state index is 15.9. The van der Waals surface area contributed by atoms with E-state index in [1.165, 1.54) is 25.3 Å². The van der Waals surface area contributed by atoms with Crippen LogP contribution in [0.4, 0.5) is 8.78 Å². The molecule has 2 aromatic rings. The summed E-state index contributed by atoms with van der Waals surface area (Å²) in [6, 6.07) is 10.9. The van der Waals surface area contributed by atoms with Gasteiger partial charge in [0.2, 0.25) is 5.91 Å². The highest BCUT2D eigenvalue weighted by Gasteiger charge is 2.55. The summed E-state index contributed by atoms with van der Waals surface area (Å²) in [5, 5.41) is 3.27. The Kier molecular flexibility index (Phi) is 6.20. The Morgan fingerprint density at radius 2 is 2.06 bits per heavy atom. The molecular formula is C27H27ClF2N2O3. The van der Waals surface area contributed by atoms with E-state index < -0.39 is 29.6 Å². The quantitative estimate of drug-likeness (QED) is 0.619. The molecule has 5 rings (SSSR count). The number of nitrogens with two attached hydrogens (primary N) is 1. The molecule has 3 aliphatic rings. The Bertz CT molecular complexity index is 1230.